The van der Waals surface area contributed by atoms with E-state index in [1.165, 1.54) is 4.90 Å². The number of piperidine rings is 1. The zero-order valence-electron chi connectivity index (χ0n) is 32.1. The van der Waals surface area contributed by atoms with Crippen LogP contribution in [0.2, 0.25) is 0 Å². The molecule has 0 saturated carbocycles. The predicted octanol–water partition coefficient (Wildman–Crippen LogP) is 1.53. The van der Waals surface area contributed by atoms with Gasteiger partial charge in [0.1, 0.15) is 42.2 Å². The van der Waals surface area contributed by atoms with Crippen LogP contribution in [-0.2, 0) is 43.4 Å². The van der Waals surface area contributed by atoms with Gasteiger partial charge in [-0.15, -0.1) is 5.10 Å². The molecule has 0 radical (unpaired) electrons. The monoisotopic (exact) mass is 755 g/mol. The van der Waals surface area contributed by atoms with Crippen LogP contribution < -0.4 is 26.0 Å². The van der Waals surface area contributed by atoms with Crippen LogP contribution in [0, 0.1) is 5.92 Å². The molecule has 3 aromatic rings. The van der Waals surface area contributed by atoms with Crippen LogP contribution in [0.3, 0.4) is 0 Å². The first-order chi connectivity index (χ1) is 26.5. The van der Waals surface area contributed by atoms with Gasteiger partial charge in [-0.2, -0.15) is 0 Å². The van der Waals surface area contributed by atoms with Gasteiger partial charge in [0.15, 0.2) is 0 Å². The van der Waals surface area contributed by atoms with E-state index in [2.05, 4.69) is 31.6 Å². The van der Waals surface area contributed by atoms with Crippen molar-refractivity contribution in [2.75, 3.05) is 26.7 Å². The molecule has 4 aliphatic rings. The highest BCUT2D eigenvalue weighted by molar-refractivity contribution is 5.96. The fraction of sp³-hybridized carbons (Fsp3) is 0.525. The maximum Gasteiger partial charge on any atom is 0.246 e. The number of nitrogens with zero attached hydrogens (tertiary/aromatic N) is 5. The Morgan fingerprint density at radius 2 is 1.67 bits per heavy atom. The Hall–Kier alpha value is -5.31. The molecule has 15 nitrogen and oxygen atoms in total. The lowest BCUT2D eigenvalue weighted by Gasteiger charge is -2.33. The van der Waals surface area contributed by atoms with Gasteiger partial charge in [0, 0.05) is 38.9 Å². The normalized spacial score (nSPS) is 23.1. The number of ether oxygens (including phenoxy) is 1. The lowest BCUT2D eigenvalue weighted by molar-refractivity contribution is -0.143. The van der Waals surface area contributed by atoms with Crippen molar-refractivity contribution in [1.29, 1.82) is 0 Å². The molecule has 2 saturated heterocycles. The molecule has 4 aliphatic heterocycles. The molecule has 5 amide bonds. The first-order valence-corrected chi connectivity index (χ1v) is 19.3. The first kappa shape index (κ1) is 39.4. The molecule has 15 heteroatoms. The van der Waals surface area contributed by atoms with Gasteiger partial charge in [-0.25, -0.2) is 4.68 Å². The summed E-state index contributed by atoms with van der Waals surface area (Å²) in [6.45, 7) is 6.86. The summed E-state index contributed by atoms with van der Waals surface area (Å²) in [5, 5.41) is 20.4. The standard InChI is InChI=1S/C40H53N9O6/c1-25(2)35(44-36(50)26(3)41-4)40(54)48-23-30-21-34(48)38(52)42-32(19-27-11-7-5-8-12-27)37(51)43-33(39(53)47-17-9-6-10-18-47)20-28-13-15-31(16-14-28)55-24-29-22-49(30)46-45-29/h5,7-8,11-16,22,25-26,30,32-35,41H,6,9-10,17-21,23-24H2,1-4H3,(H,42,52)(H,43,51)(H,44,50). The average molecular weight is 756 g/mol. The van der Waals surface area contributed by atoms with E-state index in [0.29, 0.717) is 24.5 Å². The van der Waals surface area contributed by atoms with E-state index in [1.807, 2.05) is 73.3 Å². The third-order valence-electron chi connectivity index (χ3n) is 10.8. The molecule has 55 heavy (non-hydrogen) atoms. The highest BCUT2D eigenvalue weighted by Gasteiger charge is 2.45. The minimum Gasteiger partial charge on any atom is -0.487 e. The molecule has 6 unspecified atom stereocenters. The van der Waals surface area contributed by atoms with E-state index in [0.717, 1.165) is 30.4 Å². The van der Waals surface area contributed by atoms with Crippen molar-refractivity contribution in [3.63, 3.8) is 0 Å². The Morgan fingerprint density at radius 1 is 0.945 bits per heavy atom. The molecule has 4 N–H and O–H groups in total. The Kier molecular flexibility index (Phi) is 12.8. The van der Waals surface area contributed by atoms with Gasteiger partial charge in [-0.05, 0) is 62.4 Å². The SMILES string of the molecule is CNC(C)C(=O)NC(C(=O)N1CC2CC1C(=O)NC(Cc1ccccc1)C(=O)NC(C(=O)N1CCCCC1)Cc1ccc(cc1)OCc1cn2nn1)C(C)C. The summed E-state index contributed by atoms with van der Waals surface area (Å²) in [7, 11) is 1.66. The lowest BCUT2D eigenvalue weighted by Crippen LogP contribution is -2.60. The van der Waals surface area contributed by atoms with Crippen LogP contribution in [0.25, 0.3) is 0 Å². The Labute approximate surface area is 321 Å². The van der Waals surface area contributed by atoms with Crippen molar-refractivity contribution < 1.29 is 28.7 Å². The molecule has 0 spiro atoms. The van der Waals surface area contributed by atoms with Gasteiger partial charge in [-0.3, -0.25) is 24.0 Å². The molecule has 0 aliphatic carbocycles. The zero-order chi connectivity index (χ0) is 39.1. The van der Waals surface area contributed by atoms with Crippen molar-refractivity contribution in [3.05, 3.63) is 77.6 Å². The van der Waals surface area contributed by atoms with Gasteiger partial charge in [0.25, 0.3) is 0 Å². The molecule has 5 heterocycles. The van der Waals surface area contributed by atoms with E-state index in [-0.39, 0.29) is 50.1 Å². The number of benzene rings is 2. The highest BCUT2D eigenvalue weighted by Crippen LogP contribution is 2.29. The summed E-state index contributed by atoms with van der Waals surface area (Å²) < 4.78 is 7.66. The van der Waals surface area contributed by atoms with Crippen LogP contribution in [0.4, 0.5) is 0 Å². The third-order valence-corrected chi connectivity index (χ3v) is 10.8. The van der Waals surface area contributed by atoms with Gasteiger partial charge >= 0.3 is 0 Å². The molecular formula is C40H53N9O6. The molecule has 7 rings (SSSR count). The molecule has 6 atom stereocenters. The number of carbonyl (C=O) groups is 5. The summed E-state index contributed by atoms with van der Waals surface area (Å²) >= 11 is 0. The average Bonchev–Trinajstić information content (AvgIpc) is 3.87. The number of likely N-dealkylation sites (tertiary alicyclic amines) is 2. The third kappa shape index (κ3) is 9.68. The molecule has 1 aromatic heterocycles. The summed E-state index contributed by atoms with van der Waals surface area (Å²) in [6.07, 6.45) is 5.15. The van der Waals surface area contributed by atoms with E-state index in [9.17, 15) is 24.0 Å². The number of rotatable bonds is 8. The minimum absolute atomic E-state index is 0.116. The summed E-state index contributed by atoms with van der Waals surface area (Å²) in [4.78, 5) is 73.6. The number of hydrogen-bond donors (Lipinski definition) is 4. The maximum atomic E-state index is 14.5. The second kappa shape index (κ2) is 17.9. The van der Waals surface area contributed by atoms with Crippen molar-refractivity contribution in [2.45, 2.75) is 102 Å². The summed E-state index contributed by atoms with van der Waals surface area (Å²) in [6, 6.07) is 11.9. The Morgan fingerprint density at radius 3 is 2.36 bits per heavy atom. The number of aromatic nitrogens is 3. The molecule has 6 bridgehead atoms. The molecule has 2 aromatic carbocycles. The van der Waals surface area contributed by atoms with Crippen molar-refractivity contribution >= 4 is 29.5 Å². The van der Waals surface area contributed by atoms with Crippen LogP contribution in [0.5, 0.6) is 5.75 Å². The van der Waals surface area contributed by atoms with Crippen LogP contribution in [0.15, 0.2) is 60.8 Å². The van der Waals surface area contributed by atoms with Gasteiger partial charge in [-0.1, -0.05) is 61.5 Å². The molecule has 294 valence electrons. The molecular weight excluding hydrogens is 702 g/mol. The van der Waals surface area contributed by atoms with E-state index in [1.54, 1.807) is 24.9 Å². The number of carbonyl (C=O) groups excluding carboxylic acids is 5. The van der Waals surface area contributed by atoms with E-state index >= 15 is 0 Å². The number of amides is 5. The maximum absolute atomic E-state index is 14.5. The fourth-order valence-corrected chi connectivity index (χ4v) is 7.41. The largest absolute Gasteiger partial charge is 0.487 e. The summed E-state index contributed by atoms with van der Waals surface area (Å²) in [5.41, 5.74) is 2.20. The zero-order valence-corrected chi connectivity index (χ0v) is 32.1. The van der Waals surface area contributed by atoms with Crippen molar-refractivity contribution in [1.82, 2.24) is 46.1 Å². The van der Waals surface area contributed by atoms with Gasteiger partial charge in [0.05, 0.1) is 18.3 Å². The number of nitrogens with one attached hydrogen (secondary N) is 4. The quantitative estimate of drug-likeness (QED) is 0.265. The molecule has 2 fully saturated rings. The van der Waals surface area contributed by atoms with Crippen LogP contribution in [-0.4, -0.2) is 111 Å². The van der Waals surface area contributed by atoms with Gasteiger partial charge < -0.3 is 35.8 Å². The van der Waals surface area contributed by atoms with Crippen LogP contribution in [0.1, 0.15) is 69.3 Å². The van der Waals surface area contributed by atoms with Crippen LogP contribution >= 0.6 is 0 Å². The van der Waals surface area contributed by atoms with E-state index < -0.39 is 54.0 Å². The Bertz CT molecular complexity index is 1810. The Balaban J connectivity index is 1.36. The number of likely N-dealkylation sites (N-methyl/N-ethyl adjacent to an activating group) is 1. The highest BCUT2D eigenvalue weighted by atomic mass is 16.5. The van der Waals surface area contributed by atoms with Crippen molar-refractivity contribution in [3.8, 4) is 5.75 Å². The summed E-state index contributed by atoms with van der Waals surface area (Å²) in [5.74, 6) is -1.66. The second-order valence-corrected chi connectivity index (χ2v) is 15.2. The smallest absolute Gasteiger partial charge is 0.246 e. The topological polar surface area (TPSA) is 180 Å². The number of hydrogen-bond acceptors (Lipinski definition) is 9. The van der Waals surface area contributed by atoms with E-state index in [4.69, 9.17) is 4.74 Å². The lowest BCUT2D eigenvalue weighted by atomic mass is 10.00. The van der Waals surface area contributed by atoms with Crippen molar-refractivity contribution in [2.24, 2.45) is 5.92 Å². The first-order valence-electron chi connectivity index (χ1n) is 19.3. The minimum atomic E-state index is -1.07. The number of fused-ring (bicyclic) bond motifs is 9. The predicted molar refractivity (Wildman–Crippen MR) is 203 cm³/mol. The second-order valence-electron chi connectivity index (χ2n) is 15.2. The fourth-order valence-electron chi connectivity index (χ4n) is 7.41. The van der Waals surface area contributed by atoms with Gasteiger partial charge in [0.2, 0.25) is 29.5 Å².